The van der Waals surface area contributed by atoms with Gasteiger partial charge in [-0.3, -0.25) is 4.79 Å². The fourth-order valence-electron chi connectivity index (χ4n) is 1.69. The number of benzene rings is 1. The molecule has 0 aliphatic carbocycles. The van der Waals surface area contributed by atoms with E-state index < -0.39 is 6.04 Å². The Bertz CT molecular complexity index is 393. The highest BCUT2D eigenvalue weighted by Crippen LogP contribution is 2.24. The Morgan fingerprint density at radius 3 is 2.74 bits per heavy atom. The van der Waals surface area contributed by atoms with Gasteiger partial charge in [0.25, 0.3) is 0 Å². The first-order valence-corrected chi connectivity index (χ1v) is 6.97. The van der Waals surface area contributed by atoms with Gasteiger partial charge in [-0.05, 0) is 25.0 Å². The molecule has 3 N–H and O–H groups in total. The van der Waals surface area contributed by atoms with Crippen molar-refractivity contribution in [3.05, 3.63) is 24.3 Å². The lowest BCUT2D eigenvalue weighted by Crippen LogP contribution is -2.35. The Morgan fingerprint density at radius 1 is 1.32 bits per heavy atom. The summed E-state index contributed by atoms with van der Waals surface area (Å²) in [6.45, 7) is 4.76. The predicted molar refractivity (Wildman–Crippen MR) is 78.4 cm³/mol. The van der Waals surface area contributed by atoms with Crippen LogP contribution in [0, 0.1) is 0 Å². The third-order valence-electron chi connectivity index (χ3n) is 2.81. The van der Waals surface area contributed by atoms with Gasteiger partial charge in [0, 0.05) is 0 Å². The second-order valence-electron chi connectivity index (χ2n) is 4.58. The van der Waals surface area contributed by atoms with E-state index in [0.29, 0.717) is 24.5 Å². The average Bonchev–Trinajstić information content (AvgIpc) is 2.43. The Labute approximate surface area is 115 Å². The lowest BCUT2D eigenvalue weighted by molar-refractivity contribution is -0.117. The van der Waals surface area contributed by atoms with Crippen LogP contribution >= 0.6 is 0 Å². The smallest absolute Gasteiger partial charge is 0.241 e. The Morgan fingerprint density at radius 2 is 2.05 bits per heavy atom. The van der Waals surface area contributed by atoms with Gasteiger partial charge in [-0.1, -0.05) is 38.8 Å². The first-order chi connectivity index (χ1) is 9.19. The highest BCUT2D eigenvalue weighted by Gasteiger charge is 2.14. The number of hydrogen-bond acceptors (Lipinski definition) is 3. The molecular formula is C15H24N2O2. The van der Waals surface area contributed by atoms with Crippen LogP contribution in [0.25, 0.3) is 0 Å². The fraction of sp³-hybridized carbons (Fsp3) is 0.533. The van der Waals surface area contributed by atoms with Crippen LogP contribution in [-0.2, 0) is 4.79 Å². The molecule has 1 aromatic rings. The minimum absolute atomic E-state index is 0.152. The molecule has 4 nitrogen and oxygen atoms in total. The number of nitrogens with two attached hydrogens (primary N) is 1. The lowest BCUT2D eigenvalue weighted by atomic mass is 10.1. The van der Waals surface area contributed by atoms with E-state index in [1.165, 1.54) is 0 Å². The molecule has 4 heteroatoms. The van der Waals surface area contributed by atoms with Crippen LogP contribution in [0.2, 0.25) is 0 Å². The second-order valence-corrected chi connectivity index (χ2v) is 4.58. The molecule has 0 fully saturated rings. The van der Waals surface area contributed by atoms with Crippen molar-refractivity contribution in [3.8, 4) is 5.75 Å². The van der Waals surface area contributed by atoms with Crippen LogP contribution in [0.15, 0.2) is 24.3 Å². The minimum Gasteiger partial charge on any atom is -0.491 e. The summed E-state index contributed by atoms with van der Waals surface area (Å²) >= 11 is 0. The first-order valence-electron chi connectivity index (χ1n) is 6.97. The summed E-state index contributed by atoms with van der Waals surface area (Å²) < 4.78 is 5.59. The van der Waals surface area contributed by atoms with E-state index in [-0.39, 0.29) is 5.91 Å². The lowest BCUT2D eigenvalue weighted by Gasteiger charge is -2.15. The van der Waals surface area contributed by atoms with Crippen LogP contribution in [0.3, 0.4) is 0 Å². The van der Waals surface area contributed by atoms with Crippen LogP contribution in [0.1, 0.15) is 39.5 Å². The van der Waals surface area contributed by atoms with E-state index in [0.717, 1.165) is 19.3 Å². The van der Waals surface area contributed by atoms with Crippen molar-refractivity contribution in [2.45, 2.75) is 45.6 Å². The maximum atomic E-state index is 12.0. The molecule has 1 atom stereocenters. The zero-order chi connectivity index (χ0) is 14.1. The number of ether oxygens (including phenoxy) is 1. The van der Waals surface area contributed by atoms with E-state index in [2.05, 4.69) is 12.2 Å². The topological polar surface area (TPSA) is 64.4 Å². The molecule has 1 rings (SSSR count). The third-order valence-corrected chi connectivity index (χ3v) is 2.81. The van der Waals surface area contributed by atoms with Gasteiger partial charge < -0.3 is 15.8 Å². The van der Waals surface area contributed by atoms with Gasteiger partial charge in [0.1, 0.15) is 5.75 Å². The van der Waals surface area contributed by atoms with Crippen LogP contribution in [0.4, 0.5) is 5.69 Å². The first kappa shape index (κ1) is 15.5. The number of hydrogen-bond donors (Lipinski definition) is 2. The molecule has 0 saturated carbocycles. The van der Waals surface area contributed by atoms with Crippen molar-refractivity contribution >= 4 is 11.6 Å². The van der Waals surface area contributed by atoms with Gasteiger partial charge in [-0.15, -0.1) is 0 Å². The number of carbonyl (C=O) groups is 1. The summed E-state index contributed by atoms with van der Waals surface area (Å²) in [6, 6.07) is 6.97. The van der Waals surface area contributed by atoms with Crippen LogP contribution < -0.4 is 15.8 Å². The van der Waals surface area contributed by atoms with Crippen molar-refractivity contribution in [2.24, 2.45) is 5.73 Å². The molecule has 0 saturated heterocycles. The standard InChI is InChI=1S/C15H24N2O2/c1-3-5-8-12(16)15(18)17-13-9-6-7-10-14(13)19-11-4-2/h6-7,9-10,12H,3-5,8,11,16H2,1-2H3,(H,17,18). The molecule has 0 radical (unpaired) electrons. The van der Waals surface area contributed by atoms with Gasteiger partial charge in [0.05, 0.1) is 18.3 Å². The number of nitrogens with one attached hydrogen (secondary N) is 1. The molecule has 0 bridgehead atoms. The summed E-state index contributed by atoms with van der Waals surface area (Å²) in [4.78, 5) is 12.0. The van der Waals surface area contributed by atoms with Gasteiger partial charge in [0.15, 0.2) is 0 Å². The van der Waals surface area contributed by atoms with Crippen LogP contribution in [-0.4, -0.2) is 18.6 Å². The Hall–Kier alpha value is -1.55. The maximum Gasteiger partial charge on any atom is 0.241 e. The van der Waals surface area contributed by atoms with Crippen molar-refractivity contribution in [3.63, 3.8) is 0 Å². The van der Waals surface area contributed by atoms with E-state index in [1.807, 2.05) is 31.2 Å². The van der Waals surface area contributed by atoms with Crippen molar-refractivity contribution in [1.82, 2.24) is 0 Å². The normalized spacial score (nSPS) is 11.9. The van der Waals surface area contributed by atoms with Crippen molar-refractivity contribution < 1.29 is 9.53 Å². The monoisotopic (exact) mass is 264 g/mol. The fourth-order valence-corrected chi connectivity index (χ4v) is 1.69. The molecular weight excluding hydrogens is 240 g/mol. The molecule has 106 valence electrons. The van der Waals surface area contributed by atoms with Gasteiger partial charge in [-0.2, -0.15) is 0 Å². The summed E-state index contributed by atoms with van der Waals surface area (Å²) in [5.41, 5.74) is 6.54. The molecule has 0 aromatic heterocycles. The van der Waals surface area contributed by atoms with Gasteiger partial charge in [0.2, 0.25) is 5.91 Å². The largest absolute Gasteiger partial charge is 0.491 e. The predicted octanol–water partition coefficient (Wildman–Crippen LogP) is 2.93. The number of para-hydroxylation sites is 2. The minimum atomic E-state index is -0.459. The number of unbranched alkanes of at least 4 members (excludes halogenated alkanes) is 1. The van der Waals surface area contributed by atoms with Crippen LogP contribution in [0.5, 0.6) is 5.75 Å². The molecule has 0 aliphatic heterocycles. The highest BCUT2D eigenvalue weighted by molar-refractivity contribution is 5.95. The van der Waals surface area contributed by atoms with Gasteiger partial charge in [-0.25, -0.2) is 0 Å². The summed E-state index contributed by atoms with van der Waals surface area (Å²) in [5.74, 6) is 0.543. The summed E-state index contributed by atoms with van der Waals surface area (Å²) in [5, 5.41) is 2.84. The SMILES string of the molecule is CCCCC(N)C(=O)Nc1ccccc1OCCC. The molecule has 1 amide bonds. The van der Waals surface area contributed by atoms with E-state index >= 15 is 0 Å². The molecule has 0 aliphatic rings. The number of rotatable bonds is 8. The number of amides is 1. The zero-order valence-corrected chi connectivity index (χ0v) is 11.8. The molecule has 0 heterocycles. The Balaban J connectivity index is 2.62. The van der Waals surface area contributed by atoms with Crippen molar-refractivity contribution in [2.75, 3.05) is 11.9 Å². The second kappa shape index (κ2) is 8.53. The maximum absolute atomic E-state index is 12.0. The van der Waals surface area contributed by atoms with E-state index in [1.54, 1.807) is 0 Å². The van der Waals surface area contributed by atoms with E-state index in [4.69, 9.17) is 10.5 Å². The molecule has 0 spiro atoms. The molecule has 19 heavy (non-hydrogen) atoms. The van der Waals surface area contributed by atoms with Gasteiger partial charge >= 0.3 is 0 Å². The van der Waals surface area contributed by atoms with Crippen molar-refractivity contribution in [1.29, 1.82) is 0 Å². The number of carbonyl (C=O) groups excluding carboxylic acids is 1. The summed E-state index contributed by atoms with van der Waals surface area (Å²) in [7, 11) is 0. The molecule has 1 aromatic carbocycles. The Kier molecular flexibility index (Phi) is 6.97. The average molecular weight is 264 g/mol. The number of anilines is 1. The van der Waals surface area contributed by atoms with E-state index in [9.17, 15) is 4.79 Å². The summed E-state index contributed by atoms with van der Waals surface area (Å²) in [6.07, 6.45) is 3.64. The quantitative estimate of drug-likeness (QED) is 0.758. The third kappa shape index (κ3) is 5.30. The molecule has 1 unspecified atom stereocenters. The zero-order valence-electron chi connectivity index (χ0n) is 11.8. The highest BCUT2D eigenvalue weighted by atomic mass is 16.5.